The van der Waals surface area contributed by atoms with Crippen molar-refractivity contribution in [3.05, 3.63) is 29.6 Å². The molecule has 1 aromatic rings. The third-order valence-electron chi connectivity index (χ3n) is 2.77. The van der Waals surface area contributed by atoms with Crippen LogP contribution in [0.1, 0.15) is 19.4 Å². The third-order valence-corrected chi connectivity index (χ3v) is 4.57. The highest BCUT2D eigenvalue weighted by Gasteiger charge is 2.36. The molecule has 0 aliphatic heterocycles. The zero-order valence-corrected chi connectivity index (χ0v) is 13.4. The van der Waals surface area contributed by atoms with Gasteiger partial charge in [-0.2, -0.15) is 17.5 Å². The second-order valence-electron chi connectivity index (χ2n) is 5.12. The van der Waals surface area contributed by atoms with Crippen LogP contribution in [0.4, 0.5) is 17.6 Å². The molecule has 0 aromatic heterocycles. The molecule has 10 heteroatoms. The van der Waals surface area contributed by atoms with Gasteiger partial charge in [0, 0.05) is 13.1 Å². The number of benzene rings is 1. The Bertz CT molecular complexity index is 687. The molecule has 0 spiro atoms. The number of halogens is 4. The van der Waals surface area contributed by atoms with Crippen molar-refractivity contribution in [1.82, 2.24) is 9.62 Å². The normalized spacial score (nSPS) is 12.7. The summed E-state index contributed by atoms with van der Waals surface area (Å²) in [5, 5.41) is 2.46. The Balaban J connectivity index is 3.11. The van der Waals surface area contributed by atoms with Gasteiger partial charge in [-0.3, -0.25) is 4.79 Å². The van der Waals surface area contributed by atoms with Crippen molar-refractivity contribution in [3.63, 3.8) is 0 Å². The minimum atomic E-state index is -5.02. The van der Waals surface area contributed by atoms with Gasteiger partial charge in [0.25, 0.3) is 0 Å². The molecule has 0 radical (unpaired) electrons. The van der Waals surface area contributed by atoms with E-state index in [1.54, 1.807) is 13.8 Å². The quantitative estimate of drug-likeness (QED) is 0.821. The van der Waals surface area contributed by atoms with Crippen molar-refractivity contribution in [2.24, 2.45) is 0 Å². The number of hydrogen-bond donors (Lipinski definition) is 1. The number of hydrogen-bond acceptors (Lipinski definition) is 3. The fourth-order valence-electron chi connectivity index (χ4n) is 1.72. The molecule has 0 atom stereocenters. The molecule has 130 valence electrons. The number of nitrogens with zero attached hydrogens (tertiary/aromatic N) is 1. The Morgan fingerprint density at radius 1 is 1.30 bits per heavy atom. The Hall–Kier alpha value is -1.68. The number of nitrogens with one attached hydrogen (secondary N) is 1. The summed E-state index contributed by atoms with van der Waals surface area (Å²) in [6.45, 7) is 2.77. The van der Waals surface area contributed by atoms with Gasteiger partial charge in [0.05, 0.1) is 17.0 Å². The number of carbonyl (C=O) groups excluding carboxylic acids is 1. The molecule has 5 nitrogen and oxygen atoms in total. The standard InChI is InChI=1S/C13H16F4N2O3S/c1-8(2)18-12(20)7-19(3)23(21,22)9-4-5-11(14)10(6-9)13(15,16)17/h4-6,8H,7H2,1-3H3,(H,18,20). The molecule has 1 aromatic carbocycles. The number of likely N-dealkylation sites (N-methyl/N-ethyl adjacent to an activating group) is 1. The maximum absolute atomic E-state index is 13.2. The van der Waals surface area contributed by atoms with Gasteiger partial charge >= 0.3 is 6.18 Å². The molecule has 1 N–H and O–H groups in total. The summed E-state index contributed by atoms with van der Waals surface area (Å²) in [7, 11) is -3.32. The van der Waals surface area contributed by atoms with Crippen LogP contribution in [0.3, 0.4) is 0 Å². The number of rotatable bonds is 5. The van der Waals surface area contributed by atoms with Crippen molar-refractivity contribution < 1.29 is 30.8 Å². The van der Waals surface area contributed by atoms with Crippen LogP contribution in [-0.4, -0.2) is 38.3 Å². The van der Waals surface area contributed by atoms with Gasteiger partial charge in [-0.25, -0.2) is 12.8 Å². The van der Waals surface area contributed by atoms with E-state index >= 15 is 0 Å². The zero-order valence-electron chi connectivity index (χ0n) is 12.6. The lowest BCUT2D eigenvalue weighted by Gasteiger charge is -2.18. The summed E-state index contributed by atoms with van der Waals surface area (Å²) in [5.74, 6) is -2.18. The minimum Gasteiger partial charge on any atom is -0.353 e. The Kier molecular flexibility index (Phi) is 5.75. The Morgan fingerprint density at radius 3 is 2.35 bits per heavy atom. The van der Waals surface area contributed by atoms with E-state index in [0.717, 1.165) is 13.1 Å². The fraction of sp³-hybridized carbons (Fsp3) is 0.462. The Morgan fingerprint density at radius 2 is 1.87 bits per heavy atom. The number of amides is 1. The van der Waals surface area contributed by atoms with Crippen molar-refractivity contribution >= 4 is 15.9 Å². The van der Waals surface area contributed by atoms with E-state index in [9.17, 15) is 30.8 Å². The summed E-state index contributed by atoms with van der Waals surface area (Å²) < 4.78 is 76.2. The summed E-state index contributed by atoms with van der Waals surface area (Å²) in [6, 6.07) is 1.14. The maximum Gasteiger partial charge on any atom is 0.419 e. The van der Waals surface area contributed by atoms with E-state index in [2.05, 4.69) is 5.32 Å². The molecular formula is C13H16F4N2O3S. The average Bonchev–Trinajstić information content (AvgIpc) is 2.36. The van der Waals surface area contributed by atoms with Crippen LogP contribution in [0.25, 0.3) is 0 Å². The van der Waals surface area contributed by atoms with E-state index < -0.39 is 44.9 Å². The van der Waals surface area contributed by atoms with Crippen LogP contribution in [0.15, 0.2) is 23.1 Å². The molecule has 1 amide bonds. The van der Waals surface area contributed by atoms with Crippen molar-refractivity contribution in [3.8, 4) is 0 Å². The number of sulfonamides is 1. The molecule has 1 rings (SSSR count). The molecule has 0 heterocycles. The third kappa shape index (κ3) is 4.90. The molecule has 0 aliphatic carbocycles. The first kappa shape index (κ1) is 19.4. The lowest BCUT2D eigenvalue weighted by Crippen LogP contribution is -2.40. The summed E-state index contributed by atoms with van der Waals surface area (Å²) in [4.78, 5) is 10.8. The lowest BCUT2D eigenvalue weighted by atomic mass is 10.2. The highest BCUT2D eigenvalue weighted by molar-refractivity contribution is 7.89. The molecule has 23 heavy (non-hydrogen) atoms. The first-order valence-electron chi connectivity index (χ1n) is 6.48. The smallest absolute Gasteiger partial charge is 0.353 e. The topological polar surface area (TPSA) is 66.5 Å². The molecular weight excluding hydrogens is 340 g/mol. The van der Waals surface area contributed by atoms with Gasteiger partial charge in [0.1, 0.15) is 5.82 Å². The first-order chi connectivity index (χ1) is 10.4. The molecule has 0 bridgehead atoms. The van der Waals surface area contributed by atoms with Crippen molar-refractivity contribution in [2.75, 3.05) is 13.6 Å². The second kappa shape index (κ2) is 6.83. The minimum absolute atomic E-state index is 0.210. The molecule has 0 saturated heterocycles. The largest absolute Gasteiger partial charge is 0.419 e. The van der Waals surface area contributed by atoms with E-state index in [-0.39, 0.29) is 12.1 Å². The summed E-state index contributed by atoms with van der Waals surface area (Å²) in [5.41, 5.74) is -1.68. The molecule has 0 fully saturated rings. The van der Waals surface area contributed by atoms with E-state index in [4.69, 9.17) is 0 Å². The second-order valence-corrected chi connectivity index (χ2v) is 7.17. The molecule has 0 aliphatic rings. The predicted molar refractivity (Wildman–Crippen MR) is 74.5 cm³/mol. The zero-order chi connectivity index (χ0) is 18.0. The van der Waals surface area contributed by atoms with Crippen LogP contribution in [0.5, 0.6) is 0 Å². The van der Waals surface area contributed by atoms with Gasteiger partial charge in [-0.1, -0.05) is 0 Å². The molecule has 0 unspecified atom stereocenters. The van der Waals surface area contributed by atoms with E-state index in [0.29, 0.717) is 10.4 Å². The number of alkyl halides is 3. The number of carbonyl (C=O) groups is 1. The molecule has 0 saturated carbocycles. The van der Waals surface area contributed by atoms with Crippen LogP contribution >= 0.6 is 0 Å². The lowest BCUT2D eigenvalue weighted by molar-refractivity contribution is -0.140. The summed E-state index contributed by atoms with van der Waals surface area (Å²) in [6.07, 6.45) is -5.02. The predicted octanol–water partition coefficient (Wildman–Crippen LogP) is 1.99. The average molecular weight is 356 g/mol. The van der Waals surface area contributed by atoms with Crippen molar-refractivity contribution in [1.29, 1.82) is 0 Å². The highest BCUT2D eigenvalue weighted by Crippen LogP contribution is 2.33. The van der Waals surface area contributed by atoms with Crippen LogP contribution in [0, 0.1) is 5.82 Å². The maximum atomic E-state index is 13.2. The fourth-order valence-corrected chi connectivity index (χ4v) is 2.87. The van der Waals surface area contributed by atoms with E-state index in [1.165, 1.54) is 0 Å². The van der Waals surface area contributed by atoms with Gasteiger partial charge in [0.2, 0.25) is 15.9 Å². The highest BCUT2D eigenvalue weighted by atomic mass is 32.2. The van der Waals surface area contributed by atoms with Gasteiger partial charge in [-0.05, 0) is 32.0 Å². The van der Waals surface area contributed by atoms with Crippen molar-refractivity contribution in [2.45, 2.75) is 31.0 Å². The summed E-state index contributed by atoms with van der Waals surface area (Å²) >= 11 is 0. The van der Waals surface area contributed by atoms with Crippen LogP contribution < -0.4 is 5.32 Å². The Labute approximate surface area is 131 Å². The SMILES string of the molecule is CC(C)NC(=O)CN(C)S(=O)(=O)c1ccc(F)c(C(F)(F)F)c1. The van der Waals surface area contributed by atoms with Gasteiger partial charge in [-0.15, -0.1) is 0 Å². The van der Waals surface area contributed by atoms with Crippen LogP contribution in [0.2, 0.25) is 0 Å². The first-order valence-corrected chi connectivity index (χ1v) is 7.92. The van der Waals surface area contributed by atoms with E-state index in [1.807, 2.05) is 0 Å². The van der Waals surface area contributed by atoms with Gasteiger partial charge in [0.15, 0.2) is 0 Å². The van der Waals surface area contributed by atoms with Crippen LogP contribution in [-0.2, 0) is 21.0 Å². The monoisotopic (exact) mass is 356 g/mol. The van der Waals surface area contributed by atoms with Gasteiger partial charge < -0.3 is 5.32 Å².